The van der Waals surface area contributed by atoms with Crippen molar-refractivity contribution in [3.05, 3.63) is 24.5 Å². The molecule has 1 fully saturated rings. The monoisotopic (exact) mass is 416 g/mol. The van der Waals surface area contributed by atoms with Crippen molar-refractivity contribution in [1.82, 2.24) is 0 Å². The van der Waals surface area contributed by atoms with E-state index in [2.05, 4.69) is 17.3 Å². The zero-order valence-electron chi connectivity index (χ0n) is 15.2. The van der Waals surface area contributed by atoms with Crippen LogP contribution in [-0.2, 0) is 19.0 Å². The fourth-order valence-electron chi connectivity index (χ4n) is 2.83. The number of halogens is 3. The van der Waals surface area contributed by atoms with Gasteiger partial charge >= 0.3 is 15.6 Å². The van der Waals surface area contributed by atoms with Gasteiger partial charge in [0.2, 0.25) is 0 Å². The van der Waals surface area contributed by atoms with Gasteiger partial charge < -0.3 is 19.1 Å². The normalized spacial score (nSPS) is 23.3. The first kappa shape index (κ1) is 23.9. The first-order valence-electron chi connectivity index (χ1n) is 8.69. The minimum Gasteiger partial charge on any atom is -0.396 e. The highest BCUT2D eigenvalue weighted by Crippen LogP contribution is 2.32. The quantitative estimate of drug-likeness (QED) is 0.233. The number of hydrogen-bond acceptors (Lipinski definition) is 6. The molecule has 2 N–H and O–H groups in total. The van der Waals surface area contributed by atoms with Crippen molar-refractivity contribution in [2.75, 3.05) is 6.61 Å². The van der Waals surface area contributed by atoms with E-state index in [0.717, 1.165) is 12.0 Å². The molecule has 4 unspecified atom stereocenters. The Balaban J connectivity index is 2.42. The predicted octanol–water partition coefficient (Wildman–Crippen LogP) is 3.02. The van der Waals surface area contributed by atoms with E-state index in [4.69, 9.17) is 9.84 Å². The zero-order chi connectivity index (χ0) is 20.8. The molecule has 0 radical (unpaired) electrons. The number of rotatable bonds is 11. The van der Waals surface area contributed by atoms with Gasteiger partial charge in [-0.05, 0) is 44.1 Å². The van der Waals surface area contributed by atoms with Crippen molar-refractivity contribution >= 4 is 10.1 Å². The van der Waals surface area contributed by atoms with Crippen molar-refractivity contribution in [3.63, 3.8) is 0 Å². The van der Waals surface area contributed by atoms with Gasteiger partial charge in [-0.15, -0.1) is 0 Å². The number of aliphatic hydroxyl groups is 2. The molecule has 0 saturated carbocycles. The van der Waals surface area contributed by atoms with Crippen molar-refractivity contribution in [2.24, 2.45) is 5.92 Å². The fourth-order valence-corrected chi connectivity index (χ4v) is 3.37. The predicted molar refractivity (Wildman–Crippen MR) is 93.0 cm³/mol. The van der Waals surface area contributed by atoms with Crippen molar-refractivity contribution < 1.29 is 40.7 Å². The van der Waals surface area contributed by atoms with Gasteiger partial charge in [0.15, 0.2) is 0 Å². The maximum atomic E-state index is 12.3. The molecule has 0 aromatic rings. The summed E-state index contributed by atoms with van der Waals surface area (Å²) in [4.78, 5) is 0. The molecule has 0 spiro atoms. The Morgan fingerprint density at radius 2 is 2.04 bits per heavy atom. The third kappa shape index (κ3) is 7.44. The van der Waals surface area contributed by atoms with E-state index in [-0.39, 0.29) is 25.2 Å². The molecular weight excluding hydrogens is 389 g/mol. The molecule has 27 heavy (non-hydrogen) atoms. The van der Waals surface area contributed by atoms with Crippen LogP contribution in [0.25, 0.3) is 0 Å². The largest absolute Gasteiger partial charge is 0.534 e. The van der Waals surface area contributed by atoms with Gasteiger partial charge in [0.1, 0.15) is 5.76 Å². The standard InChI is InChI=1S/C17H27F3O6S/c1-11(13(3)26-27(23,24)17(18,19)20)9-14(22)6-7-16-12(2)10-15(25-16)5-4-8-21/h11,14-16,21-22H,2-10H2,1H3. The van der Waals surface area contributed by atoms with Crippen LogP contribution in [-0.4, -0.2) is 49.1 Å². The van der Waals surface area contributed by atoms with E-state index in [1.54, 1.807) is 0 Å². The third-order valence-corrected chi connectivity index (χ3v) is 5.42. The molecule has 0 bridgehead atoms. The first-order valence-corrected chi connectivity index (χ1v) is 10.1. The van der Waals surface area contributed by atoms with Crippen molar-refractivity contribution in [2.45, 2.75) is 69.3 Å². The van der Waals surface area contributed by atoms with Crippen LogP contribution >= 0.6 is 0 Å². The van der Waals surface area contributed by atoms with Crippen LogP contribution in [0.5, 0.6) is 0 Å². The fraction of sp³-hybridized carbons (Fsp3) is 0.765. The van der Waals surface area contributed by atoms with Gasteiger partial charge in [0, 0.05) is 12.5 Å². The maximum Gasteiger partial charge on any atom is 0.534 e. The number of ether oxygens (including phenoxy) is 1. The average molecular weight is 416 g/mol. The Morgan fingerprint density at radius 1 is 1.41 bits per heavy atom. The molecule has 0 amide bonds. The van der Waals surface area contributed by atoms with Gasteiger partial charge in [-0.2, -0.15) is 21.6 Å². The highest BCUT2D eigenvalue weighted by molar-refractivity contribution is 7.87. The molecule has 6 nitrogen and oxygen atoms in total. The third-order valence-electron chi connectivity index (χ3n) is 4.42. The Bertz CT molecular complexity index is 617. The van der Waals surface area contributed by atoms with Crippen LogP contribution in [0.15, 0.2) is 24.5 Å². The lowest BCUT2D eigenvalue weighted by molar-refractivity contribution is -0.0527. The molecule has 1 aliphatic rings. The van der Waals surface area contributed by atoms with E-state index in [0.29, 0.717) is 25.7 Å². The Kier molecular flexibility index (Phi) is 8.78. The molecule has 0 aromatic carbocycles. The topological polar surface area (TPSA) is 93.1 Å². The van der Waals surface area contributed by atoms with E-state index in [1.165, 1.54) is 6.92 Å². The van der Waals surface area contributed by atoms with E-state index in [1.807, 2.05) is 0 Å². The Labute approximate surface area is 157 Å². The molecular formula is C17H27F3O6S. The Hall–Kier alpha value is -1.10. The highest BCUT2D eigenvalue weighted by Gasteiger charge is 2.49. The maximum absolute atomic E-state index is 12.3. The van der Waals surface area contributed by atoms with Gasteiger partial charge in [-0.25, -0.2) is 0 Å². The SMILES string of the molecule is C=C(OS(=O)(=O)C(F)(F)F)C(C)CC(O)CCC1OC(CCCO)CC1=C. The number of hydrogen-bond donors (Lipinski definition) is 2. The van der Waals surface area contributed by atoms with Gasteiger partial charge in [0.25, 0.3) is 0 Å². The molecule has 1 aliphatic heterocycles. The van der Waals surface area contributed by atoms with E-state index < -0.39 is 33.4 Å². The second kappa shape index (κ2) is 9.90. The lowest BCUT2D eigenvalue weighted by Gasteiger charge is -2.20. The minimum absolute atomic E-state index is 0.000647. The van der Waals surface area contributed by atoms with Crippen LogP contribution < -0.4 is 0 Å². The van der Waals surface area contributed by atoms with Gasteiger partial charge in [-0.3, -0.25) is 0 Å². The van der Waals surface area contributed by atoms with Crippen molar-refractivity contribution in [1.29, 1.82) is 0 Å². The smallest absolute Gasteiger partial charge is 0.396 e. The number of alkyl halides is 3. The summed E-state index contributed by atoms with van der Waals surface area (Å²) in [6.07, 6.45) is 1.72. The molecule has 0 aliphatic carbocycles. The minimum atomic E-state index is -5.75. The first-order chi connectivity index (χ1) is 12.4. The Morgan fingerprint density at radius 3 is 2.59 bits per heavy atom. The van der Waals surface area contributed by atoms with E-state index >= 15 is 0 Å². The second-order valence-corrected chi connectivity index (χ2v) is 8.33. The van der Waals surface area contributed by atoms with Gasteiger partial charge in [-0.1, -0.05) is 20.1 Å². The van der Waals surface area contributed by atoms with Gasteiger partial charge in [0.05, 0.1) is 18.3 Å². The van der Waals surface area contributed by atoms with Crippen LogP contribution in [0.3, 0.4) is 0 Å². The summed E-state index contributed by atoms with van der Waals surface area (Å²) in [5.41, 5.74) is -4.62. The van der Waals surface area contributed by atoms with Crippen molar-refractivity contribution in [3.8, 4) is 0 Å². The molecule has 1 saturated heterocycles. The molecule has 0 aromatic heterocycles. The molecule has 4 atom stereocenters. The summed E-state index contributed by atoms with van der Waals surface area (Å²) in [7, 11) is -5.75. The summed E-state index contributed by atoms with van der Waals surface area (Å²) in [6, 6.07) is 0. The summed E-state index contributed by atoms with van der Waals surface area (Å²) in [5.74, 6) is -1.36. The number of allylic oxidation sites excluding steroid dienone is 1. The zero-order valence-corrected chi connectivity index (χ0v) is 16.1. The molecule has 10 heteroatoms. The second-order valence-electron chi connectivity index (χ2n) is 6.79. The summed E-state index contributed by atoms with van der Waals surface area (Å²) in [6.45, 7) is 8.68. The van der Waals surface area contributed by atoms with Crippen LogP contribution in [0, 0.1) is 5.92 Å². The van der Waals surface area contributed by atoms with E-state index in [9.17, 15) is 26.7 Å². The number of aliphatic hydroxyl groups excluding tert-OH is 2. The lowest BCUT2D eigenvalue weighted by atomic mass is 9.96. The summed E-state index contributed by atoms with van der Waals surface area (Å²) >= 11 is 0. The molecule has 158 valence electrons. The van der Waals surface area contributed by atoms with Crippen LogP contribution in [0.4, 0.5) is 13.2 Å². The summed E-state index contributed by atoms with van der Waals surface area (Å²) in [5, 5.41) is 18.9. The summed E-state index contributed by atoms with van der Waals surface area (Å²) < 4.78 is 68.7. The average Bonchev–Trinajstić information content (AvgIpc) is 2.89. The van der Waals surface area contributed by atoms with Crippen LogP contribution in [0.1, 0.15) is 45.4 Å². The van der Waals surface area contributed by atoms with Crippen LogP contribution in [0.2, 0.25) is 0 Å². The molecule has 1 heterocycles. The highest BCUT2D eigenvalue weighted by atomic mass is 32.2. The molecule has 1 rings (SSSR count). The lowest BCUT2D eigenvalue weighted by Crippen LogP contribution is -2.27.